The van der Waals surface area contributed by atoms with Crippen molar-refractivity contribution in [1.82, 2.24) is 4.57 Å². The summed E-state index contributed by atoms with van der Waals surface area (Å²) in [6.45, 7) is 6.62. The predicted octanol–water partition coefficient (Wildman–Crippen LogP) is 6.13. The first kappa shape index (κ1) is 20.0. The molecule has 5 heteroatoms. The van der Waals surface area contributed by atoms with Crippen LogP contribution in [0.3, 0.4) is 0 Å². The van der Waals surface area contributed by atoms with Crippen LogP contribution >= 0.6 is 11.6 Å². The second kappa shape index (κ2) is 8.25. The largest absolute Gasteiger partial charge is 0.494 e. The molecule has 0 aliphatic carbocycles. The van der Waals surface area contributed by atoms with Crippen LogP contribution in [0, 0.1) is 13.8 Å². The van der Waals surface area contributed by atoms with Crippen molar-refractivity contribution in [2.45, 2.75) is 20.8 Å². The van der Waals surface area contributed by atoms with Gasteiger partial charge >= 0.3 is 5.97 Å². The first-order chi connectivity index (χ1) is 14.5. The Morgan fingerprint density at radius 2 is 1.77 bits per heavy atom. The van der Waals surface area contributed by atoms with Crippen molar-refractivity contribution in [2.24, 2.45) is 0 Å². The number of cyclic esters (lactones) is 1. The standard InChI is InChI=1S/C25H22ClNO3/c1-4-29-23-11-5-18(6-12-23)24-15-20(25(28)30-24)14-19-13-16(2)27(17(19)3)22-9-7-21(26)8-10-22/h5-15H,4H2,1-3H3/b20-14-. The predicted molar refractivity (Wildman–Crippen MR) is 120 cm³/mol. The van der Waals surface area contributed by atoms with E-state index in [0.29, 0.717) is 23.0 Å². The lowest BCUT2D eigenvalue weighted by molar-refractivity contribution is -0.130. The number of benzene rings is 2. The molecule has 0 N–H and O–H groups in total. The zero-order chi connectivity index (χ0) is 21.3. The Labute approximate surface area is 181 Å². The highest BCUT2D eigenvalue weighted by atomic mass is 35.5. The van der Waals surface area contributed by atoms with Gasteiger partial charge in [-0.1, -0.05) is 11.6 Å². The number of rotatable bonds is 5. The van der Waals surface area contributed by atoms with E-state index >= 15 is 0 Å². The van der Waals surface area contributed by atoms with Crippen LogP contribution in [0.4, 0.5) is 0 Å². The van der Waals surface area contributed by atoms with E-state index in [9.17, 15) is 4.79 Å². The molecule has 2 heterocycles. The van der Waals surface area contributed by atoms with Crippen molar-refractivity contribution in [2.75, 3.05) is 6.61 Å². The van der Waals surface area contributed by atoms with Gasteiger partial charge in [0.05, 0.1) is 12.2 Å². The molecule has 1 aromatic heterocycles. The average molecular weight is 420 g/mol. The number of hydrogen-bond donors (Lipinski definition) is 0. The summed E-state index contributed by atoms with van der Waals surface area (Å²) < 4.78 is 13.1. The Kier molecular flexibility index (Phi) is 5.51. The summed E-state index contributed by atoms with van der Waals surface area (Å²) in [6.07, 6.45) is 3.66. The number of aromatic nitrogens is 1. The molecule has 0 bridgehead atoms. The average Bonchev–Trinajstić information content (AvgIpc) is 3.23. The molecule has 2 aromatic carbocycles. The van der Waals surface area contributed by atoms with Crippen molar-refractivity contribution in [1.29, 1.82) is 0 Å². The van der Waals surface area contributed by atoms with Crippen LogP contribution < -0.4 is 4.74 Å². The third kappa shape index (κ3) is 3.91. The summed E-state index contributed by atoms with van der Waals surface area (Å²) in [5, 5.41) is 0.698. The molecule has 0 fully saturated rings. The summed E-state index contributed by atoms with van der Waals surface area (Å²) in [7, 11) is 0. The number of carbonyl (C=O) groups is 1. The molecule has 152 valence electrons. The minimum Gasteiger partial charge on any atom is -0.494 e. The van der Waals surface area contributed by atoms with Crippen LogP contribution in [0.2, 0.25) is 5.02 Å². The molecule has 0 spiro atoms. The minimum absolute atomic E-state index is 0.352. The van der Waals surface area contributed by atoms with E-state index in [0.717, 1.165) is 34.0 Å². The monoisotopic (exact) mass is 419 g/mol. The third-order valence-electron chi connectivity index (χ3n) is 5.04. The summed E-state index contributed by atoms with van der Waals surface area (Å²) >= 11 is 6.02. The number of esters is 1. The van der Waals surface area contributed by atoms with E-state index in [2.05, 4.69) is 10.6 Å². The zero-order valence-corrected chi connectivity index (χ0v) is 17.9. The van der Waals surface area contributed by atoms with Crippen LogP contribution in [0.1, 0.15) is 29.4 Å². The molecule has 0 atom stereocenters. The molecule has 30 heavy (non-hydrogen) atoms. The van der Waals surface area contributed by atoms with Crippen molar-refractivity contribution in [3.63, 3.8) is 0 Å². The molecular formula is C25H22ClNO3. The first-order valence-electron chi connectivity index (χ1n) is 9.80. The minimum atomic E-state index is -0.352. The molecule has 0 amide bonds. The highest BCUT2D eigenvalue weighted by Crippen LogP contribution is 2.30. The van der Waals surface area contributed by atoms with E-state index in [-0.39, 0.29) is 5.97 Å². The summed E-state index contributed by atoms with van der Waals surface area (Å²) in [6, 6.07) is 17.3. The van der Waals surface area contributed by atoms with E-state index in [4.69, 9.17) is 21.1 Å². The van der Waals surface area contributed by atoms with Crippen LogP contribution in [0.15, 0.2) is 66.2 Å². The van der Waals surface area contributed by atoms with Gasteiger partial charge in [0.25, 0.3) is 0 Å². The fourth-order valence-corrected chi connectivity index (χ4v) is 3.73. The van der Waals surface area contributed by atoms with Gasteiger partial charge in [0.15, 0.2) is 0 Å². The smallest absolute Gasteiger partial charge is 0.343 e. The van der Waals surface area contributed by atoms with Gasteiger partial charge in [-0.2, -0.15) is 0 Å². The Morgan fingerprint density at radius 3 is 2.43 bits per heavy atom. The second-order valence-corrected chi connectivity index (χ2v) is 7.53. The zero-order valence-electron chi connectivity index (χ0n) is 17.1. The Hall–Kier alpha value is -3.24. The Bertz CT molecular complexity index is 1150. The lowest BCUT2D eigenvalue weighted by Gasteiger charge is -2.09. The molecule has 0 saturated heterocycles. The highest BCUT2D eigenvalue weighted by molar-refractivity contribution is 6.30. The van der Waals surface area contributed by atoms with E-state index < -0.39 is 0 Å². The van der Waals surface area contributed by atoms with Crippen LogP contribution in [-0.2, 0) is 9.53 Å². The van der Waals surface area contributed by atoms with Crippen LogP contribution in [0.25, 0.3) is 17.5 Å². The SMILES string of the molecule is CCOc1ccc(C2=C/C(=C/c3cc(C)n(-c4ccc(Cl)cc4)c3C)C(=O)O2)cc1. The summed E-state index contributed by atoms with van der Waals surface area (Å²) in [4.78, 5) is 12.5. The van der Waals surface area contributed by atoms with E-state index in [1.807, 2.05) is 75.4 Å². The van der Waals surface area contributed by atoms with E-state index in [1.54, 1.807) is 6.08 Å². The number of ether oxygens (including phenoxy) is 2. The number of halogens is 1. The van der Waals surface area contributed by atoms with Crippen molar-refractivity contribution in [3.05, 3.63) is 93.8 Å². The first-order valence-corrected chi connectivity index (χ1v) is 10.2. The quantitative estimate of drug-likeness (QED) is 0.369. The third-order valence-corrected chi connectivity index (χ3v) is 5.29. The number of hydrogen-bond acceptors (Lipinski definition) is 3. The van der Waals surface area contributed by atoms with Crippen LogP contribution in [-0.4, -0.2) is 17.1 Å². The van der Waals surface area contributed by atoms with E-state index in [1.165, 1.54) is 0 Å². The number of carbonyl (C=O) groups excluding carboxylic acids is 1. The van der Waals surface area contributed by atoms with Crippen molar-refractivity contribution >= 4 is 29.4 Å². The maximum absolute atomic E-state index is 12.5. The molecule has 0 radical (unpaired) electrons. The molecule has 4 nitrogen and oxygen atoms in total. The molecule has 4 rings (SSSR count). The van der Waals surface area contributed by atoms with Crippen molar-refractivity contribution < 1.29 is 14.3 Å². The van der Waals surface area contributed by atoms with Gasteiger partial charge in [0.1, 0.15) is 11.5 Å². The topological polar surface area (TPSA) is 40.5 Å². The highest BCUT2D eigenvalue weighted by Gasteiger charge is 2.23. The molecule has 0 saturated carbocycles. The fourth-order valence-electron chi connectivity index (χ4n) is 3.60. The Morgan fingerprint density at radius 1 is 1.07 bits per heavy atom. The summed E-state index contributed by atoms with van der Waals surface area (Å²) in [5.41, 5.74) is 5.47. The number of nitrogens with zero attached hydrogens (tertiary/aromatic N) is 1. The normalized spacial score (nSPS) is 14.7. The lowest BCUT2D eigenvalue weighted by atomic mass is 10.1. The van der Waals surface area contributed by atoms with Crippen molar-refractivity contribution in [3.8, 4) is 11.4 Å². The Balaban J connectivity index is 1.65. The fraction of sp³-hybridized carbons (Fsp3) is 0.160. The van der Waals surface area contributed by atoms with Gasteiger partial charge < -0.3 is 14.0 Å². The van der Waals surface area contributed by atoms with Gasteiger partial charge in [-0.15, -0.1) is 0 Å². The molecular weight excluding hydrogens is 398 g/mol. The van der Waals surface area contributed by atoms with Gasteiger partial charge in [-0.05, 0) is 93.1 Å². The number of aryl methyl sites for hydroxylation is 1. The molecule has 0 unspecified atom stereocenters. The summed E-state index contributed by atoms with van der Waals surface area (Å²) in [5.74, 6) is 0.979. The molecule has 3 aromatic rings. The van der Waals surface area contributed by atoms with Gasteiger partial charge in [0.2, 0.25) is 0 Å². The van der Waals surface area contributed by atoms with Crippen LogP contribution in [0.5, 0.6) is 5.75 Å². The molecule has 1 aliphatic heterocycles. The molecule has 1 aliphatic rings. The maximum atomic E-state index is 12.5. The van der Waals surface area contributed by atoms with Gasteiger partial charge in [-0.3, -0.25) is 0 Å². The van der Waals surface area contributed by atoms with Gasteiger partial charge in [0, 0.05) is 27.7 Å². The van der Waals surface area contributed by atoms with Gasteiger partial charge in [-0.25, -0.2) is 4.79 Å². The lowest BCUT2D eigenvalue weighted by Crippen LogP contribution is -1.99. The maximum Gasteiger partial charge on any atom is 0.343 e. The second-order valence-electron chi connectivity index (χ2n) is 7.09.